The lowest BCUT2D eigenvalue weighted by molar-refractivity contribution is -0.139. The highest BCUT2D eigenvalue weighted by molar-refractivity contribution is 5.69. The largest absolute Gasteiger partial charge is 0.480 e. The minimum absolute atomic E-state index is 0.00405. The Morgan fingerprint density at radius 2 is 1.92 bits per heavy atom. The second kappa shape index (κ2) is 7.93. The summed E-state index contributed by atoms with van der Waals surface area (Å²) < 4.78 is 27.9. The molecule has 0 unspecified atom stereocenters. The van der Waals surface area contributed by atoms with Crippen molar-refractivity contribution in [1.82, 2.24) is 9.80 Å². The number of halogens is 2. The molecule has 138 valence electrons. The van der Waals surface area contributed by atoms with Crippen molar-refractivity contribution >= 4 is 5.97 Å². The van der Waals surface area contributed by atoms with Gasteiger partial charge in [-0.2, -0.15) is 0 Å². The zero-order chi connectivity index (χ0) is 18.7. The number of hydrogen-bond acceptors (Lipinski definition) is 3. The molecule has 1 aliphatic rings. The smallest absolute Gasteiger partial charge is 0.317 e. The van der Waals surface area contributed by atoms with E-state index in [0.29, 0.717) is 25.2 Å². The van der Waals surface area contributed by atoms with Gasteiger partial charge in [0.1, 0.15) is 11.6 Å². The van der Waals surface area contributed by atoms with Crippen LogP contribution in [0, 0.1) is 11.6 Å². The summed E-state index contributed by atoms with van der Waals surface area (Å²) in [6.45, 7) is 3.76. The van der Waals surface area contributed by atoms with E-state index in [1.54, 1.807) is 0 Å². The highest BCUT2D eigenvalue weighted by Crippen LogP contribution is 2.32. The molecule has 0 bridgehead atoms. The van der Waals surface area contributed by atoms with E-state index >= 15 is 0 Å². The molecule has 1 fully saturated rings. The van der Waals surface area contributed by atoms with Crippen molar-refractivity contribution < 1.29 is 18.7 Å². The normalized spacial score (nSPS) is 20.0. The number of carboxylic acids is 1. The van der Waals surface area contributed by atoms with Gasteiger partial charge in [0.05, 0.1) is 12.6 Å². The van der Waals surface area contributed by atoms with Crippen LogP contribution in [0.4, 0.5) is 8.78 Å². The quantitative estimate of drug-likeness (QED) is 0.890. The van der Waals surface area contributed by atoms with Gasteiger partial charge in [-0.3, -0.25) is 14.6 Å². The molecule has 1 aliphatic heterocycles. The number of piperazine rings is 1. The summed E-state index contributed by atoms with van der Waals surface area (Å²) >= 11 is 0. The highest BCUT2D eigenvalue weighted by atomic mass is 19.1. The van der Waals surface area contributed by atoms with Crippen molar-refractivity contribution in [2.24, 2.45) is 0 Å². The maximum Gasteiger partial charge on any atom is 0.317 e. The maximum atomic E-state index is 14.5. The first-order chi connectivity index (χ1) is 12.5. The van der Waals surface area contributed by atoms with Gasteiger partial charge in [-0.15, -0.1) is 0 Å². The molecule has 0 radical (unpaired) electrons. The molecule has 0 saturated carbocycles. The third kappa shape index (κ3) is 4.08. The zero-order valence-corrected chi connectivity index (χ0v) is 14.6. The molecule has 0 aromatic heterocycles. The Morgan fingerprint density at radius 3 is 2.54 bits per heavy atom. The van der Waals surface area contributed by atoms with E-state index in [2.05, 4.69) is 4.90 Å². The Hall–Kier alpha value is -2.31. The van der Waals surface area contributed by atoms with Gasteiger partial charge < -0.3 is 5.11 Å². The van der Waals surface area contributed by atoms with Gasteiger partial charge in [0.2, 0.25) is 0 Å². The Labute approximate surface area is 151 Å². The first kappa shape index (κ1) is 18.5. The van der Waals surface area contributed by atoms with Gasteiger partial charge in [-0.1, -0.05) is 36.4 Å². The van der Waals surface area contributed by atoms with Crippen LogP contribution >= 0.6 is 0 Å². The van der Waals surface area contributed by atoms with E-state index in [-0.39, 0.29) is 18.6 Å². The lowest BCUT2D eigenvalue weighted by atomic mass is 9.95. The molecule has 0 spiro atoms. The van der Waals surface area contributed by atoms with Gasteiger partial charge in [-0.05, 0) is 18.6 Å². The first-order valence-corrected chi connectivity index (χ1v) is 8.65. The molecule has 2 aromatic carbocycles. The Balaban J connectivity index is 1.91. The summed E-state index contributed by atoms with van der Waals surface area (Å²) in [5.41, 5.74) is 1.35. The molecule has 3 rings (SSSR count). The van der Waals surface area contributed by atoms with E-state index in [1.165, 1.54) is 12.1 Å². The molecule has 1 N–H and O–H groups in total. The Kier molecular flexibility index (Phi) is 5.64. The van der Waals surface area contributed by atoms with Gasteiger partial charge >= 0.3 is 5.97 Å². The molecular formula is C20H22F2N2O2. The summed E-state index contributed by atoms with van der Waals surface area (Å²) in [7, 11) is 0. The summed E-state index contributed by atoms with van der Waals surface area (Å²) in [6.07, 6.45) is 0. The zero-order valence-electron chi connectivity index (χ0n) is 14.6. The number of aliphatic carboxylic acids is 1. The first-order valence-electron chi connectivity index (χ1n) is 8.65. The van der Waals surface area contributed by atoms with Crippen molar-refractivity contribution in [3.63, 3.8) is 0 Å². The Morgan fingerprint density at radius 1 is 1.19 bits per heavy atom. The number of hydrogen-bond donors (Lipinski definition) is 1. The fourth-order valence-corrected chi connectivity index (χ4v) is 3.61. The molecule has 1 heterocycles. The van der Waals surface area contributed by atoms with Crippen LogP contribution in [0.25, 0.3) is 0 Å². The highest BCUT2D eigenvalue weighted by Gasteiger charge is 2.32. The van der Waals surface area contributed by atoms with Crippen molar-refractivity contribution in [1.29, 1.82) is 0 Å². The summed E-state index contributed by atoms with van der Waals surface area (Å²) in [5.74, 6) is -2.02. The van der Waals surface area contributed by atoms with E-state index in [9.17, 15) is 13.6 Å². The molecule has 2 aromatic rings. The average Bonchev–Trinajstić information content (AvgIpc) is 2.60. The van der Waals surface area contributed by atoms with Gasteiger partial charge in [0.25, 0.3) is 0 Å². The summed E-state index contributed by atoms with van der Waals surface area (Å²) in [6, 6.07) is 12.9. The van der Waals surface area contributed by atoms with Crippen LogP contribution in [0.15, 0.2) is 48.5 Å². The van der Waals surface area contributed by atoms with Crippen LogP contribution in [-0.4, -0.2) is 53.1 Å². The molecule has 6 heteroatoms. The number of carbonyl (C=O) groups is 1. The molecule has 0 amide bonds. The van der Waals surface area contributed by atoms with Crippen LogP contribution in [-0.2, 0) is 4.79 Å². The standard InChI is InChI=1S/C20H22F2N2O2/c1-14-12-24(10-9-23(14)13-19(25)26)20(15-5-3-2-4-6-15)17-8-7-16(21)11-18(17)22/h2-8,11,14,20H,9-10,12-13H2,1H3,(H,25,26)/t14-,20-/m1/s1. The maximum absolute atomic E-state index is 14.5. The molecule has 2 atom stereocenters. The molecule has 0 aliphatic carbocycles. The lowest BCUT2D eigenvalue weighted by Crippen LogP contribution is -2.54. The number of benzene rings is 2. The monoisotopic (exact) mass is 360 g/mol. The van der Waals surface area contributed by atoms with E-state index < -0.39 is 17.6 Å². The summed E-state index contributed by atoms with van der Waals surface area (Å²) in [5, 5.41) is 9.04. The van der Waals surface area contributed by atoms with Crippen LogP contribution in [0.5, 0.6) is 0 Å². The Bertz CT molecular complexity index is 770. The third-order valence-corrected chi connectivity index (χ3v) is 4.87. The minimum atomic E-state index is -0.852. The van der Waals surface area contributed by atoms with E-state index in [4.69, 9.17) is 5.11 Å². The van der Waals surface area contributed by atoms with E-state index in [1.807, 2.05) is 42.2 Å². The predicted octanol–water partition coefficient (Wildman–Crippen LogP) is 3.14. The molecule has 1 saturated heterocycles. The van der Waals surface area contributed by atoms with Gasteiger partial charge in [0, 0.05) is 37.3 Å². The van der Waals surface area contributed by atoms with Crippen molar-refractivity contribution in [2.45, 2.75) is 19.0 Å². The summed E-state index contributed by atoms with van der Waals surface area (Å²) in [4.78, 5) is 15.0. The molecular weight excluding hydrogens is 338 g/mol. The second-order valence-electron chi connectivity index (χ2n) is 6.69. The molecule has 26 heavy (non-hydrogen) atoms. The number of rotatable bonds is 5. The SMILES string of the molecule is C[C@@H]1CN([C@H](c2ccccc2)c2ccc(F)cc2F)CCN1CC(=O)O. The van der Waals surface area contributed by atoms with Gasteiger partial charge in [0.15, 0.2) is 0 Å². The average molecular weight is 360 g/mol. The third-order valence-electron chi connectivity index (χ3n) is 4.87. The van der Waals surface area contributed by atoms with Crippen molar-refractivity contribution in [3.8, 4) is 0 Å². The van der Waals surface area contributed by atoms with Crippen LogP contribution in [0.3, 0.4) is 0 Å². The van der Waals surface area contributed by atoms with Crippen molar-refractivity contribution in [3.05, 3.63) is 71.3 Å². The number of carboxylic acid groups (broad SMARTS) is 1. The van der Waals surface area contributed by atoms with Crippen LogP contribution < -0.4 is 0 Å². The second-order valence-corrected chi connectivity index (χ2v) is 6.69. The minimum Gasteiger partial charge on any atom is -0.480 e. The van der Waals surface area contributed by atoms with Crippen molar-refractivity contribution in [2.75, 3.05) is 26.2 Å². The van der Waals surface area contributed by atoms with Gasteiger partial charge in [-0.25, -0.2) is 8.78 Å². The topological polar surface area (TPSA) is 43.8 Å². The number of nitrogens with zero attached hydrogens (tertiary/aromatic N) is 2. The predicted molar refractivity (Wildman–Crippen MR) is 94.9 cm³/mol. The van der Waals surface area contributed by atoms with Crippen LogP contribution in [0.2, 0.25) is 0 Å². The fourth-order valence-electron chi connectivity index (χ4n) is 3.61. The molecule has 4 nitrogen and oxygen atoms in total. The van der Waals surface area contributed by atoms with E-state index in [0.717, 1.165) is 11.6 Å². The van der Waals surface area contributed by atoms with Crippen LogP contribution in [0.1, 0.15) is 24.1 Å². The lowest BCUT2D eigenvalue weighted by Gasteiger charge is -2.43. The fraction of sp³-hybridized carbons (Fsp3) is 0.350.